The minimum atomic E-state index is 0.00483. The summed E-state index contributed by atoms with van der Waals surface area (Å²) in [6, 6.07) is 13.3. The lowest BCUT2D eigenvalue weighted by Gasteiger charge is -2.19. The summed E-state index contributed by atoms with van der Waals surface area (Å²) in [7, 11) is 0. The maximum Gasteiger partial charge on any atom is 0.328 e. The number of ether oxygens (including phenoxy) is 1. The number of carbonyl (C=O) groups excluding carboxylic acids is 1. The Morgan fingerprint density at radius 1 is 0.933 bits per heavy atom. The van der Waals surface area contributed by atoms with Crippen LogP contribution >= 0.6 is 11.6 Å². The van der Waals surface area contributed by atoms with Crippen molar-refractivity contribution < 1.29 is 9.53 Å². The Labute approximate surface area is 181 Å². The molecule has 156 valence electrons. The lowest BCUT2D eigenvalue weighted by atomic mass is 9.94. The van der Waals surface area contributed by atoms with E-state index in [1.54, 1.807) is 24.3 Å². The topological polar surface area (TPSA) is 77.0 Å². The van der Waals surface area contributed by atoms with Crippen molar-refractivity contribution in [2.75, 3.05) is 5.32 Å². The average Bonchev–Trinajstić information content (AvgIpc) is 2.67. The SMILES string of the molecule is CC(=O)c1ccc(Nc2nc(Cl)nc(Oc3c(C(C)C)cccc3C(C)C)n2)cc1. The Balaban J connectivity index is 1.92. The number of anilines is 2. The number of halogens is 1. The molecule has 0 aliphatic carbocycles. The van der Waals surface area contributed by atoms with Crippen molar-refractivity contribution in [1.82, 2.24) is 15.0 Å². The van der Waals surface area contributed by atoms with Crippen molar-refractivity contribution in [2.24, 2.45) is 0 Å². The van der Waals surface area contributed by atoms with Crippen LogP contribution in [-0.2, 0) is 0 Å². The third kappa shape index (κ3) is 5.13. The number of benzene rings is 2. The maximum atomic E-state index is 11.4. The second kappa shape index (κ2) is 9.22. The van der Waals surface area contributed by atoms with Gasteiger partial charge in [-0.05, 0) is 65.8 Å². The Morgan fingerprint density at radius 3 is 2.07 bits per heavy atom. The van der Waals surface area contributed by atoms with Crippen LogP contribution < -0.4 is 10.1 Å². The summed E-state index contributed by atoms with van der Waals surface area (Å²) in [5.74, 6) is 1.56. The first kappa shape index (κ1) is 21.7. The number of nitrogens with zero attached hydrogens (tertiary/aromatic N) is 3. The van der Waals surface area contributed by atoms with Gasteiger partial charge in [-0.2, -0.15) is 15.0 Å². The molecule has 30 heavy (non-hydrogen) atoms. The number of hydrogen-bond acceptors (Lipinski definition) is 6. The Kier molecular flexibility index (Phi) is 6.67. The number of nitrogens with one attached hydrogen (secondary N) is 1. The average molecular weight is 425 g/mol. The predicted octanol–water partition coefficient (Wildman–Crippen LogP) is 6.51. The summed E-state index contributed by atoms with van der Waals surface area (Å²) < 4.78 is 6.14. The summed E-state index contributed by atoms with van der Waals surface area (Å²) >= 11 is 6.13. The highest BCUT2D eigenvalue weighted by Gasteiger charge is 2.18. The smallest absolute Gasteiger partial charge is 0.328 e. The lowest BCUT2D eigenvalue weighted by Crippen LogP contribution is -2.05. The standard InChI is InChI=1S/C23H25ClN4O2/c1-13(2)18-7-6-8-19(14(3)4)20(18)30-23-27-21(24)26-22(28-23)25-17-11-9-16(10-12-17)15(5)29/h6-14H,1-5H3,(H,25,26,27,28). The van der Waals surface area contributed by atoms with Crippen molar-refractivity contribution >= 4 is 29.0 Å². The molecule has 0 saturated heterocycles. The van der Waals surface area contributed by atoms with E-state index in [0.717, 1.165) is 22.6 Å². The zero-order valence-electron chi connectivity index (χ0n) is 17.7. The summed E-state index contributed by atoms with van der Waals surface area (Å²) in [5, 5.41) is 3.10. The fraction of sp³-hybridized carbons (Fsp3) is 0.304. The minimum absolute atomic E-state index is 0.00483. The van der Waals surface area contributed by atoms with Crippen LogP contribution in [0.1, 0.15) is 67.9 Å². The third-order valence-corrected chi connectivity index (χ3v) is 4.82. The third-order valence-electron chi connectivity index (χ3n) is 4.65. The van der Waals surface area contributed by atoms with Gasteiger partial charge in [0.1, 0.15) is 5.75 Å². The maximum absolute atomic E-state index is 11.4. The van der Waals surface area contributed by atoms with Gasteiger partial charge in [0.25, 0.3) is 0 Å². The molecule has 0 bridgehead atoms. The molecule has 0 unspecified atom stereocenters. The van der Waals surface area contributed by atoms with Crippen molar-refractivity contribution in [3.63, 3.8) is 0 Å². The molecule has 0 fully saturated rings. The molecule has 0 radical (unpaired) electrons. The van der Waals surface area contributed by atoms with Crippen LogP contribution in [-0.4, -0.2) is 20.7 Å². The first-order valence-corrected chi connectivity index (χ1v) is 10.2. The number of ketones is 1. The summed E-state index contributed by atoms with van der Waals surface area (Å²) in [5.41, 5.74) is 3.50. The van der Waals surface area contributed by atoms with E-state index in [-0.39, 0.29) is 34.9 Å². The van der Waals surface area contributed by atoms with Gasteiger partial charge < -0.3 is 10.1 Å². The molecular formula is C23H25ClN4O2. The van der Waals surface area contributed by atoms with Crippen LogP contribution in [0.2, 0.25) is 5.28 Å². The van der Waals surface area contributed by atoms with Crippen molar-refractivity contribution in [1.29, 1.82) is 0 Å². The van der Waals surface area contributed by atoms with Crippen LogP contribution in [0.15, 0.2) is 42.5 Å². The van der Waals surface area contributed by atoms with E-state index >= 15 is 0 Å². The molecule has 0 spiro atoms. The second-order valence-electron chi connectivity index (χ2n) is 7.65. The summed E-state index contributed by atoms with van der Waals surface area (Å²) in [6.07, 6.45) is 0. The number of rotatable bonds is 7. The van der Waals surface area contributed by atoms with Gasteiger partial charge in [0.05, 0.1) is 0 Å². The molecule has 0 saturated carbocycles. The fourth-order valence-electron chi connectivity index (χ4n) is 3.04. The van der Waals surface area contributed by atoms with Crippen molar-refractivity contribution in [3.05, 3.63) is 64.4 Å². The van der Waals surface area contributed by atoms with E-state index in [9.17, 15) is 4.79 Å². The van der Waals surface area contributed by atoms with Gasteiger partial charge in [0.2, 0.25) is 11.2 Å². The van der Waals surface area contributed by atoms with E-state index in [2.05, 4.69) is 48.0 Å². The van der Waals surface area contributed by atoms with Crippen LogP contribution in [0.4, 0.5) is 11.6 Å². The van der Waals surface area contributed by atoms with E-state index < -0.39 is 0 Å². The first-order valence-electron chi connectivity index (χ1n) is 9.85. The fourth-order valence-corrected chi connectivity index (χ4v) is 3.20. The summed E-state index contributed by atoms with van der Waals surface area (Å²) in [4.78, 5) is 24.1. The largest absolute Gasteiger partial charge is 0.424 e. The van der Waals surface area contributed by atoms with Gasteiger partial charge >= 0.3 is 6.01 Å². The molecule has 1 heterocycles. The van der Waals surface area contributed by atoms with Crippen LogP contribution in [0.5, 0.6) is 11.8 Å². The molecule has 0 atom stereocenters. The Bertz CT molecular complexity index is 1020. The van der Waals surface area contributed by atoms with Gasteiger partial charge in [-0.15, -0.1) is 0 Å². The van der Waals surface area contributed by atoms with E-state index in [1.165, 1.54) is 6.92 Å². The number of para-hydroxylation sites is 1. The minimum Gasteiger partial charge on any atom is -0.424 e. The number of aromatic nitrogens is 3. The van der Waals surface area contributed by atoms with Gasteiger partial charge in [0.15, 0.2) is 5.78 Å². The van der Waals surface area contributed by atoms with Crippen molar-refractivity contribution in [2.45, 2.75) is 46.5 Å². The molecule has 6 nitrogen and oxygen atoms in total. The van der Waals surface area contributed by atoms with Gasteiger partial charge in [0, 0.05) is 11.3 Å². The van der Waals surface area contributed by atoms with Gasteiger partial charge in [-0.1, -0.05) is 45.9 Å². The highest BCUT2D eigenvalue weighted by atomic mass is 35.5. The summed E-state index contributed by atoms with van der Waals surface area (Å²) in [6.45, 7) is 9.99. The molecule has 0 aliphatic rings. The quantitative estimate of drug-likeness (QED) is 0.435. The molecule has 2 aromatic carbocycles. The monoisotopic (exact) mass is 424 g/mol. The number of carbonyl (C=O) groups is 1. The highest BCUT2D eigenvalue weighted by molar-refractivity contribution is 6.28. The second-order valence-corrected chi connectivity index (χ2v) is 7.98. The molecule has 3 aromatic rings. The predicted molar refractivity (Wildman–Crippen MR) is 119 cm³/mol. The molecule has 0 aliphatic heterocycles. The zero-order chi connectivity index (χ0) is 21.8. The highest BCUT2D eigenvalue weighted by Crippen LogP contribution is 2.37. The molecule has 3 rings (SSSR count). The van der Waals surface area contributed by atoms with Gasteiger partial charge in [-0.25, -0.2) is 0 Å². The normalized spacial score (nSPS) is 11.1. The first-order chi connectivity index (χ1) is 14.2. The number of Topliss-reactive ketones (excluding diaryl/α,β-unsaturated/α-hetero) is 1. The lowest BCUT2D eigenvalue weighted by molar-refractivity contribution is 0.101. The molecular weight excluding hydrogens is 400 g/mol. The van der Waals surface area contributed by atoms with Crippen LogP contribution in [0.3, 0.4) is 0 Å². The van der Waals surface area contributed by atoms with E-state index in [0.29, 0.717) is 5.56 Å². The van der Waals surface area contributed by atoms with E-state index in [4.69, 9.17) is 16.3 Å². The van der Waals surface area contributed by atoms with Crippen LogP contribution in [0, 0.1) is 0 Å². The Hall–Kier alpha value is -2.99. The van der Waals surface area contributed by atoms with Crippen molar-refractivity contribution in [3.8, 4) is 11.8 Å². The van der Waals surface area contributed by atoms with E-state index in [1.807, 2.05) is 18.2 Å². The van der Waals surface area contributed by atoms with Gasteiger partial charge in [-0.3, -0.25) is 4.79 Å². The Morgan fingerprint density at radius 2 is 1.53 bits per heavy atom. The molecule has 0 amide bonds. The molecule has 7 heteroatoms. The number of hydrogen-bond donors (Lipinski definition) is 1. The van der Waals surface area contributed by atoms with Crippen LogP contribution in [0.25, 0.3) is 0 Å². The molecule has 1 N–H and O–H groups in total. The zero-order valence-corrected chi connectivity index (χ0v) is 18.5. The molecule has 1 aromatic heterocycles.